The zero-order chi connectivity index (χ0) is 10.7. The van der Waals surface area contributed by atoms with Gasteiger partial charge in [0.15, 0.2) is 0 Å². The van der Waals surface area contributed by atoms with E-state index < -0.39 is 5.97 Å². The van der Waals surface area contributed by atoms with Crippen LogP contribution in [0.5, 0.6) is 5.75 Å². The van der Waals surface area contributed by atoms with Gasteiger partial charge in [-0.05, 0) is 17.7 Å². The minimum absolute atomic E-state index is 0.214. The number of hydrogen-bond donors (Lipinski definition) is 2. The molecule has 0 aliphatic carbocycles. The quantitative estimate of drug-likeness (QED) is 0.791. The maximum absolute atomic E-state index is 10.8. The van der Waals surface area contributed by atoms with Crippen LogP contribution in [0.2, 0.25) is 0 Å². The molecule has 0 saturated carbocycles. The number of aromatic hydroxyl groups is 1. The summed E-state index contributed by atoms with van der Waals surface area (Å²) in [6.07, 6.45) is 0. The molecule has 0 amide bonds. The van der Waals surface area contributed by atoms with E-state index in [9.17, 15) is 9.90 Å². The highest BCUT2D eigenvalue weighted by molar-refractivity contribution is 9.08. The molecule has 0 spiro atoms. The summed E-state index contributed by atoms with van der Waals surface area (Å²) in [5.74, 6) is -1.57. The second-order valence-electron chi connectivity index (χ2n) is 2.54. The molecule has 1 aromatic carbocycles. The summed E-state index contributed by atoms with van der Waals surface area (Å²) in [5, 5.41) is 27.0. The molecule has 0 radical (unpaired) electrons. The number of halogens is 1. The van der Waals surface area contributed by atoms with E-state index in [0.29, 0.717) is 5.56 Å². The lowest BCUT2D eigenvalue weighted by molar-refractivity contribution is 0.0693. The van der Waals surface area contributed by atoms with Crippen molar-refractivity contribution in [1.82, 2.24) is 0 Å². The van der Waals surface area contributed by atoms with E-state index >= 15 is 0 Å². The number of nitrogens with zero attached hydrogens (tertiary/aromatic N) is 1. The van der Waals surface area contributed by atoms with Gasteiger partial charge in [0.2, 0.25) is 0 Å². The second kappa shape index (κ2) is 4.11. The second-order valence-corrected chi connectivity index (χ2v) is 3.10. The average molecular weight is 256 g/mol. The molecular formula is C9H6BrNO3. The maximum Gasteiger partial charge on any atom is 0.339 e. The van der Waals surface area contributed by atoms with Gasteiger partial charge in [0.1, 0.15) is 11.3 Å². The minimum Gasteiger partial charge on any atom is -0.507 e. The van der Waals surface area contributed by atoms with Crippen LogP contribution in [0.15, 0.2) is 12.1 Å². The van der Waals surface area contributed by atoms with Gasteiger partial charge in [-0.25, -0.2) is 4.79 Å². The van der Waals surface area contributed by atoms with Crippen molar-refractivity contribution in [2.45, 2.75) is 5.33 Å². The number of hydrogen-bond acceptors (Lipinski definition) is 3. The predicted molar refractivity (Wildman–Crippen MR) is 52.4 cm³/mol. The number of carbonyl (C=O) groups is 1. The summed E-state index contributed by atoms with van der Waals surface area (Å²) in [7, 11) is 0. The van der Waals surface area contributed by atoms with Crippen LogP contribution in [0.3, 0.4) is 0 Å². The number of rotatable bonds is 2. The summed E-state index contributed by atoms with van der Waals surface area (Å²) in [6.45, 7) is 0. The average Bonchev–Trinajstić information content (AvgIpc) is 2.16. The maximum atomic E-state index is 10.8. The van der Waals surface area contributed by atoms with Crippen molar-refractivity contribution in [1.29, 1.82) is 5.26 Å². The third-order valence-electron chi connectivity index (χ3n) is 1.76. The van der Waals surface area contributed by atoms with Crippen molar-refractivity contribution < 1.29 is 15.0 Å². The first-order valence-corrected chi connectivity index (χ1v) is 4.78. The Morgan fingerprint density at radius 2 is 2.21 bits per heavy atom. The van der Waals surface area contributed by atoms with Crippen molar-refractivity contribution in [2.24, 2.45) is 0 Å². The first-order chi connectivity index (χ1) is 6.61. The van der Waals surface area contributed by atoms with Crippen molar-refractivity contribution in [3.8, 4) is 11.8 Å². The Bertz CT molecular complexity index is 423. The van der Waals surface area contributed by atoms with Crippen LogP contribution in [0.1, 0.15) is 21.5 Å². The standard InChI is InChI=1S/C9H6BrNO3/c10-3-6-5(4-11)1-2-7(12)8(6)9(13)14/h1-2,12H,3H2,(H,13,14). The Morgan fingerprint density at radius 1 is 1.57 bits per heavy atom. The molecule has 0 aliphatic heterocycles. The third-order valence-corrected chi connectivity index (χ3v) is 2.32. The summed E-state index contributed by atoms with van der Waals surface area (Å²) < 4.78 is 0. The molecule has 4 nitrogen and oxygen atoms in total. The van der Waals surface area contributed by atoms with Gasteiger partial charge in [-0.2, -0.15) is 5.26 Å². The summed E-state index contributed by atoms with van der Waals surface area (Å²) in [4.78, 5) is 10.8. The van der Waals surface area contributed by atoms with Crippen LogP contribution in [0.4, 0.5) is 0 Å². The fraction of sp³-hybridized carbons (Fsp3) is 0.111. The monoisotopic (exact) mass is 255 g/mol. The normalized spacial score (nSPS) is 9.43. The number of carboxylic acids is 1. The molecule has 1 aromatic rings. The molecule has 14 heavy (non-hydrogen) atoms. The van der Waals surface area contributed by atoms with Gasteiger partial charge in [-0.15, -0.1) is 0 Å². The molecule has 0 fully saturated rings. The van der Waals surface area contributed by atoms with Crippen LogP contribution < -0.4 is 0 Å². The molecule has 2 N–H and O–H groups in total. The highest BCUT2D eigenvalue weighted by Crippen LogP contribution is 2.26. The molecule has 0 unspecified atom stereocenters. The van der Waals surface area contributed by atoms with Gasteiger partial charge in [0.05, 0.1) is 11.6 Å². The first kappa shape index (κ1) is 10.5. The Kier molecular flexibility index (Phi) is 3.10. The molecule has 0 atom stereocenters. The molecule has 0 heterocycles. The van der Waals surface area contributed by atoms with Crippen LogP contribution in [0.25, 0.3) is 0 Å². The zero-order valence-corrected chi connectivity index (χ0v) is 8.58. The molecule has 0 aromatic heterocycles. The predicted octanol–water partition coefficient (Wildman–Crippen LogP) is 1.86. The molecular weight excluding hydrogens is 250 g/mol. The lowest BCUT2D eigenvalue weighted by Crippen LogP contribution is -2.03. The lowest BCUT2D eigenvalue weighted by atomic mass is 10.0. The molecule has 5 heteroatoms. The highest BCUT2D eigenvalue weighted by atomic mass is 79.9. The Morgan fingerprint density at radius 3 is 2.64 bits per heavy atom. The van der Waals surface area contributed by atoms with Crippen LogP contribution >= 0.6 is 15.9 Å². The van der Waals surface area contributed by atoms with Gasteiger partial charge < -0.3 is 10.2 Å². The zero-order valence-electron chi connectivity index (χ0n) is 6.99. The number of phenols is 1. The van der Waals surface area contributed by atoms with E-state index in [-0.39, 0.29) is 22.2 Å². The topological polar surface area (TPSA) is 81.3 Å². The van der Waals surface area contributed by atoms with E-state index in [1.807, 2.05) is 6.07 Å². The van der Waals surface area contributed by atoms with Crippen LogP contribution in [0, 0.1) is 11.3 Å². The van der Waals surface area contributed by atoms with Crippen LogP contribution in [-0.2, 0) is 5.33 Å². The third kappa shape index (κ3) is 1.70. The van der Waals surface area contributed by atoms with Gasteiger partial charge in [0.25, 0.3) is 0 Å². The summed E-state index contributed by atoms with van der Waals surface area (Å²) in [5.41, 5.74) is 0.318. The lowest BCUT2D eigenvalue weighted by Gasteiger charge is -2.06. The number of alkyl halides is 1. The van der Waals surface area contributed by atoms with E-state index in [1.165, 1.54) is 12.1 Å². The number of aromatic carboxylic acids is 1. The van der Waals surface area contributed by atoms with E-state index in [4.69, 9.17) is 10.4 Å². The Balaban J connectivity index is 3.53. The number of benzene rings is 1. The number of nitriles is 1. The molecule has 1 rings (SSSR count). The van der Waals surface area contributed by atoms with Crippen LogP contribution in [-0.4, -0.2) is 16.2 Å². The van der Waals surface area contributed by atoms with Gasteiger partial charge in [-0.1, -0.05) is 15.9 Å². The van der Waals surface area contributed by atoms with Gasteiger partial charge in [0, 0.05) is 5.33 Å². The van der Waals surface area contributed by atoms with Gasteiger partial charge in [-0.3, -0.25) is 0 Å². The van der Waals surface area contributed by atoms with E-state index in [2.05, 4.69) is 15.9 Å². The summed E-state index contributed by atoms with van der Waals surface area (Å²) >= 11 is 3.08. The molecule has 0 bridgehead atoms. The molecule has 72 valence electrons. The highest BCUT2D eigenvalue weighted by Gasteiger charge is 2.17. The van der Waals surface area contributed by atoms with E-state index in [0.717, 1.165) is 0 Å². The fourth-order valence-electron chi connectivity index (χ4n) is 1.12. The smallest absolute Gasteiger partial charge is 0.339 e. The SMILES string of the molecule is N#Cc1ccc(O)c(C(=O)O)c1CBr. The van der Waals surface area contributed by atoms with Gasteiger partial charge >= 0.3 is 5.97 Å². The first-order valence-electron chi connectivity index (χ1n) is 3.66. The molecule has 0 saturated heterocycles. The Hall–Kier alpha value is -1.54. The van der Waals surface area contributed by atoms with Crippen molar-refractivity contribution in [2.75, 3.05) is 0 Å². The Labute approximate surface area is 88.5 Å². The molecule has 0 aliphatic rings. The van der Waals surface area contributed by atoms with Crippen molar-refractivity contribution in [3.05, 3.63) is 28.8 Å². The van der Waals surface area contributed by atoms with E-state index in [1.54, 1.807) is 0 Å². The fourth-order valence-corrected chi connectivity index (χ4v) is 1.70. The van der Waals surface area contributed by atoms with Crippen molar-refractivity contribution >= 4 is 21.9 Å². The number of carboxylic acid groups (broad SMARTS) is 1. The summed E-state index contributed by atoms with van der Waals surface area (Å²) in [6, 6.07) is 4.45. The minimum atomic E-state index is -1.24. The largest absolute Gasteiger partial charge is 0.507 e. The van der Waals surface area contributed by atoms with Crippen molar-refractivity contribution in [3.63, 3.8) is 0 Å².